The van der Waals surface area contributed by atoms with Gasteiger partial charge in [-0.3, -0.25) is 19.3 Å². The minimum atomic E-state index is -0.485. The molecule has 4 fully saturated rings. The Morgan fingerprint density at radius 3 is 2.14 bits per heavy atom. The number of aromatic nitrogens is 3. The molecule has 1 aromatic carbocycles. The topological polar surface area (TPSA) is 140 Å². The van der Waals surface area contributed by atoms with Crippen LogP contribution < -0.4 is 19.3 Å². The number of likely N-dealkylation sites (tertiary alicyclic amines) is 1. The number of benzene rings is 1. The predicted molar refractivity (Wildman–Crippen MR) is 162 cm³/mol. The smallest absolute Gasteiger partial charge is 0.328 e. The van der Waals surface area contributed by atoms with Crippen molar-refractivity contribution in [2.75, 3.05) is 89.2 Å². The van der Waals surface area contributed by atoms with E-state index in [1.807, 2.05) is 9.80 Å². The molecule has 14 nitrogen and oxygen atoms in total. The molecular formula is C29H35N7O7S. The molecule has 44 heavy (non-hydrogen) atoms. The first-order valence-corrected chi connectivity index (χ1v) is 15.6. The Balaban J connectivity index is 1.19. The van der Waals surface area contributed by atoms with Gasteiger partial charge in [-0.15, -0.1) is 0 Å². The average Bonchev–Trinajstić information content (AvgIpc) is 3.33. The molecule has 0 radical (unpaired) electrons. The van der Waals surface area contributed by atoms with Crippen LogP contribution in [0, 0.1) is 0 Å². The van der Waals surface area contributed by atoms with Crippen molar-refractivity contribution in [3.05, 3.63) is 28.7 Å². The molecule has 0 spiro atoms. The van der Waals surface area contributed by atoms with Gasteiger partial charge >= 0.3 is 6.01 Å². The molecule has 0 unspecified atom stereocenters. The van der Waals surface area contributed by atoms with Gasteiger partial charge in [0.25, 0.3) is 11.1 Å². The summed E-state index contributed by atoms with van der Waals surface area (Å²) in [5.74, 6) is 1.08. The van der Waals surface area contributed by atoms with Gasteiger partial charge in [0, 0.05) is 39.3 Å². The Kier molecular flexibility index (Phi) is 9.43. The van der Waals surface area contributed by atoms with E-state index in [0.29, 0.717) is 94.7 Å². The van der Waals surface area contributed by atoms with Crippen molar-refractivity contribution in [2.24, 2.45) is 0 Å². The zero-order valence-electron chi connectivity index (χ0n) is 24.6. The van der Waals surface area contributed by atoms with Gasteiger partial charge in [0.1, 0.15) is 6.54 Å². The van der Waals surface area contributed by atoms with Gasteiger partial charge in [0.05, 0.1) is 38.4 Å². The highest BCUT2D eigenvalue weighted by molar-refractivity contribution is 8.18. The van der Waals surface area contributed by atoms with E-state index in [1.165, 1.54) is 7.11 Å². The van der Waals surface area contributed by atoms with Crippen LogP contribution in [0.1, 0.15) is 24.8 Å². The van der Waals surface area contributed by atoms with Crippen molar-refractivity contribution in [1.29, 1.82) is 0 Å². The summed E-state index contributed by atoms with van der Waals surface area (Å²) < 4.78 is 22.7. The number of hydrogen-bond donors (Lipinski definition) is 0. The summed E-state index contributed by atoms with van der Waals surface area (Å²) >= 11 is 0.817. The van der Waals surface area contributed by atoms with Crippen LogP contribution in [-0.4, -0.2) is 121 Å². The van der Waals surface area contributed by atoms with Crippen molar-refractivity contribution in [1.82, 2.24) is 24.8 Å². The molecule has 4 aliphatic rings. The number of rotatable bonds is 8. The second kappa shape index (κ2) is 13.8. The van der Waals surface area contributed by atoms with Gasteiger partial charge in [-0.25, -0.2) is 0 Å². The molecular weight excluding hydrogens is 590 g/mol. The van der Waals surface area contributed by atoms with E-state index >= 15 is 0 Å². The zero-order valence-corrected chi connectivity index (χ0v) is 25.4. The average molecular weight is 626 g/mol. The second-order valence-corrected chi connectivity index (χ2v) is 11.6. The van der Waals surface area contributed by atoms with Gasteiger partial charge < -0.3 is 33.6 Å². The standard InChI is InChI=1S/C29H35N7O7S/c1-40-22-17-20(18-23-25(38)36(29(39)44-23)19-24(37)33-7-3-2-4-8-33)5-6-21(22)43-28-31-26(34-9-13-41-14-10-34)30-27(32-28)35-11-15-42-16-12-35/h5-6,17-18H,2-4,7-16,19H2,1H3/b23-18-. The molecule has 5 heterocycles. The molecule has 0 saturated carbocycles. The minimum absolute atomic E-state index is 0.119. The largest absolute Gasteiger partial charge is 0.493 e. The third-order valence-electron chi connectivity index (χ3n) is 7.74. The van der Waals surface area contributed by atoms with Gasteiger partial charge in [-0.05, 0) is 54.8 Å². The van der Waals surface area contributed by atoms with Crippen molar-refractivity contribution in [3.63, 3.8) is 0 Å². The summed E-state index contributed by atoms with van der Waals surface area (Å²) in [5, 5.41) is -0.458. The molecule has 0 bridgehead atoms. The summed E-state index contributed by atoms with van der Waals surface area (Å²) in [5.41, 5.74) is 0.626. The van der Waals surface area contributed by atoms with Crippen LogP contribution in [0.5, 0.6) is 17.5 Å². The van der Waals surface area contributed by atoms with Crippen LogP contribution in [0.25, 0.3) is 6.08 Å². The Morgan fingerprint density at radius 1 is 0.886 bits per heavy atom. The van der Waals surface area contributed by atoms with Crippen LogP contribution in [0.3, 0.4) is 0 Å². The Hall–Kier alpha value is -3.95. The number of carbonyl (C=O) groups excluding carboxylic acids is 3. The maximum atomic E-state index is 13.1. The highest BCUT2D eigenvalue weighted by Gasteiger charge is 2.37. The Labute approximate surface area is 259 Å². The number of nitrogens with zero attached hydrogens (tertiary/aromatic N) is 7. The number of carbonyl (C=O) groups is 3. The van der Waals surface area contributed by atoms with Crippen LogP contribution >= 0.6 is 11.8 Å². The van der Waals surface area contributed by atoms with Crippen molar-refractivity contribution < 1.29 is 33.3 Å². The van der Waals surface area contributed by atoms with Gasteiger partial charge in [0.15, 0.2) is 11.5 Å². The highest BCUT2D eigenvalue weighted by Crippen LogP contribution is 2.36. The monoisotopic (exact) mass is 625 g/mol. The van der Waals surface area contributed by atoms with E-state index in [1.54, 1.807) is 29.2 Å². The molecule has 4 aliphatic heterocycles. The first-order valence-electron chi connectivity index (χ1n) is 14.8. The molecule has 0 atom stereocenters. The summed E-state index contributed by atoms with van der Waals surface area (Å²) in [6, 6.07) is 5.27. The Morgan fingerprint density at radius 2 is 1.52 bits per heavy atom. The number of morpholine rings is 2. The van der Waals surface area contributed by atoms with Crippen LogP contribution in [-0.2, 0) is 19.1 Å². The first-order chi connectivity index (χ1) is 21.5. The molecule has 15 heteroatoms. The van der Waals surface area contributed by atoms with E-state index in [-0.39, 0.29) is 23.4 Å². The summed E-state index contributed by atoms with van der Waals surface area (Å²) in [6.45, 7) is 6.02. The van der Waals surface area contributed by atoms with Crippen LogP contribution in [0.4, 0.5) is 16.7 Å². The van der Waals surface area contributed by atoms with Gasteiger partial charge in [-0.1, -0.05) is 6.07 Å². The molecule has 2 aromatic rings. The fourth-order valence-electron chi connectivity index (χ4n) is 5.31. The summed E-state index contributed by atoms with van der Waals surface area (Å²) in [6.07, 6.45) is 4.57. The molecule has 6 rings (SSSR count). The van der Waals surface area contributed by atoms with Crippen LogP contribution in [0.2, 0.25) is 0 Å². The molecule has 234 valence electrons. The number of methoxy groups -OCH3 is 1. The van der Waals surface area contributed by atoms with E-state index in [9.17, 15) is 14.4 Å². The zero-order chi connectivity index (χ0) is 30.5. The molecule has 4 saturated heterocycles. The van der Waals surface area contributed by atoms with E-state index < -0.39 is 11.1 Å². The number of anilines is 2. The van der Waals surface area contributed by atoms with Crippen molar-refractivity contribution >= 4 is 46.8 Å². The minimum Gasteiger partial charge on any atom is -0.493 e. The summed E-state index contributed by atoms with van der Waals surface area (Å²) in [7, 11) is 1.51. The second-order valence-electron chi connectivity index (χ2n) is 10.6. The fourth-order valence-corrected chi connectivity index (χ4v) is 6.15. The van der Waals surface area contributed by atoms with Crippen molar-refractivity contribution in [3.8, 4) is 17.5 Å². The van der Waals surface area contributed by atoms with Crippen LogP contribution in [0.15, 0.2) is 23.1 Å². The van der Waals surface area contributed by atoms with E-state index in [2.05, 4.69) is 9.97 Å². The molecule has 3 amide bonds. The first kappa shape index (κ1) is 30.1. The number of thioether (sulfide) groups is 1. The lowest BCUT2D eigenvalue weighted by atomic mass is 10.1. The number of imide groups is 1. The molecule has 0 aliphatic carbocycles. The maximum absolute atomic E-state index is 13.1. The van der Waals surface area contributed by atoms with E-state index in [0.717, 1.165) is 35.9 Å². The lowest BCUT2D eigenvalue weighted by molar-refractivity contribution is -0.136. The number of piperidine rings is 1. The predicted octanol–water partition coefficient (Wildman–Crippen LogP) is 2.39. The maximum Gasteiger partial charge on any atom is 0.328 e. The normalized spacial score (nSPS) is 20.4. The third-order valence-corrected chi connectivity index (χ3v) is 8.65. The van der Waals surface area contributed by atoms with Gasteiger partial charge in [0.2, 0.25) is 17.8 Å². The molecule has 0 N–H and O–H groups in total. The quantitative estimate of drug-likeness (QED) is 0.397. The highest BCUT2D eigenvalue weighted by atomic mass is 32.2. The number of hydrogen-bond acceptors (Lipinski definition) is 13. The summed E-state index contributed by atoms with van der Waals surface area (Å²) in [4.78, 5) is 59.3. The number of ether oxygens (including phenoxy) is 4. The fraction of sp³-hybridized carbons (Fsp3) is 0.517. The number of amides is 3. The lowest BCUT2D eigenvalue weighted by Gasteiger charge is -2.30. The van der Waals surface area contributed by atoms with Gasteiger partial charge in [-0.2, -0.15) is 15.0 Å². The lowest BCUT2D eigenvalue weighted by Crippen LogP contribution is -2.44. The Bertz CT molecular complexity index is 1390. The molecule has 1 aromatic heterocycles. The third kappa shape index (κ3) is 6.89. The van der Waals surface area contributed by atoms with Crippen molar-refractivity contribution in [2.45, 2.75) is 19.3 Å². The van der Waals surface area contributed by atoms with E-state index in [4.69, 9.17) is 23.9 Å². The SMILES string of the molecule is COc1cc(/C=C2\SC(=O)N(CC(=O)N3CCCCC3)C2=O)ccc1Oc1nc(N2CCOCC2)nc(N2CCOCC2)n1.